The van der Waals surface area contributed by atoms with Crippen LogP contribution in [0, 0.1) is 5.82 Å². The number of carboxylic acids is 1. The van der Waals surface area contributed by atoms with E-state index in [4.69, 9.17) is 9.47 Å². The van der Waals surface area contributed by atoms with E-state index in [2.05, 4.69) is 0 Å². The minimum atomic E-state index is -4.18. The van der Waals surface area contributed by atoms with Crippen LogP contribution in [0.2, 0.25) is 0 Å². The van der Waals surface area contributed by atoms with Gasteiger partial charge in [-0.3, -0.25) is 4.79 Å². The third-order valence-corrected chi connectivity index (χ3v) is 6.17. The van der Waals surface area contributed by atoms with Gasteiger partial charge in [0.1, 0.15) is 5.54 Å². The Morgan fingerprint density at radius 1 is 1.39 bits per heavy atom. The lowest BCUT2D eigenvalue weighted by atomic mass is 9.74. The van der Waals surface area contributed by atoms with E-state index >= 15 is 0 Å². The highest BCUT2D eigenvalue weighted by Gasteiger charge is 2.57. The second-order valence-electron chi connectivity index (χ2n) is 5.37. The molecule has 1 aromatic rings. The maximum absolute atomic E-state index is 13.8. The van der Waals surface area contributed by atoms with Gasteiger partial charge in [0, 0.05) is 27.0 Å². The fourth-order valence-electron chi connectivity index (χ4n) is 2.62. The molecule has 0 unspecified atom stereocenters. The van der Waals surface area contributed by atoms with E-state index in [1.165, 1.54) is 33.4 Å². The van der Waals surface area contributed by atoms with Gasteiger partial charge in [0.05, 0.1) is 18.1 Å². The van der Waals surface area contributed by atoms with Crippen molar-refractivity contribution in [2.75, 3.05) is 21.3 Å². The van der Waals surface area contributed by atoms with E-state index in [1.54, 1.807) is 0 Å². The van der Waals surface area contributed by atoms with Gasteiger partial charge in [-0.1, -0.05) is 0 Å². The minimum absolute atomic E-state index is 0.0349. The molecule has 1 N–H and O–H groups in total. The Bertz CT molecular complexity index is 714. The lowest BCUT2D eigenvalue weighted by Gasteiger charge is -2.47. The van der Waals surface area contributed by atoms with Gasteiger partial charge in [0.2, 0.25) is 10.0 Å². The Morgan fingerprint density at radius 2 is 2.00 bits per heavy atom. The number of aliphatic carboxylic acids is 1. The van der Waals surface area contributed by atoms with Crippen molar-refractivity contribution in [2.45, 2.75) is 29.4 Å². The van der Waals surface area contributed by atoms with Crippen molar-refractivity contribution < 1.29 is 32.2 Å². The molecule has 0 heterocycles. The summed E-state index contributed by atoms with van der Waals surface area (Å²) in [5, 5.41) is 9.46. The largest absolute Gasteiger partial charge is 0.494 e. The highest BCUT2D eigenvalue weighted by atomic mass is 32.2. The molecule has 1 aliphatic rings. The number of carbonyl (C=O) groups is 1. The first-order valence-corrected chi connectivity index (χ1v) is 8.22. The van der Waals surface area contributed by atoms with Crippen LogP contribution in [0.4, 0.5) is 4.39 Å². The van der Waals surface area contributed by atoms with Crippen molar-refractivity contribution in [3.63, 3.8) is 0 Å². The molecule has 9 heteroatoms. The summed E-state index contributed by atoms with van der Waals surface area (Å²) in [6, 6.07) is 3.17. The number of methoxy groups -OCH3 is 2. The smallest absolute Gasteiger partial charge is 0.325 e. The van der Waals surface area contributed by atoms with Crippen LogP contribution in [0.3, 0.4) is 0 Å². The van der Waals surface area contributed by atoms with Crippen LogP contribution < -0.4 is 4.74 Å². The first-order chi connectivity index (χ1) is 10.7. The maximum Gasteiger partial charge on any atom is 0.325 e. The molecule has 0 bridgehead atoms. The van der Waals surface area contributed by atoms with Crippen LogP contribution in [0.1, 0.15) is 12.8 Å². The van der Waals surface area contributed by atoms with Crippen molar-refractivity contribution in [1.82, 2.24) is 4.31 Å². The number of halogens is 1. The number of hydrogen-bond donors (Lipinski definition) is 1. The molecule has 1 fully saturated rings. The van der Waals surface area contributed by atoms with Crippen LogP contribution >= 0.6 is 0 Å². The highest BCUT2D eigenvalue weighted by molar-refractivity contribution is 7.89. The summed E-state index contributed by atoms with van der Waals surface area (Å²) in [4.78, 5) is 11.3. The van der Waals surface area contributed by atoms with E-state index in [9.17, 15) is 22.7 Å². The third kappa shape index (κ3) is 2.79. The SMILES string of the molecule is COc1ccc(S(=O)(=O)N(C)C2(C(=O)O)CC(OC)C2)cc1F. The molecule has 0 amide bonds. The zero-order chi connectivity index (χ0) is 17.4. The Morgan fingerprint density at radius 3 is 2.43 bits per heavy atom. The summed E-state index contributed by atoms with van der Waals surface area (Å²) in [6.45, 7) is 0. The lowest BCUT2D eigenvalue weighted by Crippen LogP contribution is -2.64. The molecule has 23 heavy (non-hydrogen) atoms. The highest BCUT2D eigenvalue weighted by Crippen LogP contribution is 2.42. The number of hydrogen-bond acceptors (Lipinski definition) is 5. The molecule has 2 rings (SSSR count). The summed E-state index contributed by atoms with van der Waals surface area (Å²) in [5.41, 5.74) is -1.59. The summed E-state index contributed by atoms with van der Waals surface area (Å²) in [5.74, 6) is -2.19. The van der Waals surface area contributed by atoms with Gasteiger partial charge in [-0.05, 0) is 18.2 Å². The van der Waals surface area contributed by atoms with E-state index in [-0.39, 0.29) is 29.6 Å². The van der Waals surface area contributed by atoms with Crippen LogP contribution in [0.25, 0.3) is 0 Å². The first-order valence-electron chi connectivity index (χ1n) is 6.78. The number of likely N-dealkylation sites (N-methyl/N-ethyl adjacent to an activating group) is 1. The maximum atomic E-state index is 13.8. The number of rotatable bonds is 6. The summed E-state index contributed by atoms with van der Waals surface area (Å²) < 4.78 is 49.6. The van der Waals surface area contributed by atoms with E-state index < -0.39 is 27.3 Å². The van der Waals surface area contributed by atoms with Crippen molar-refractivity contribution >= 4 is 16.0 Å². The second-order valence-corrected chi connectivity index (χ2v) is 7.34. The predicted molar refractivity (Wildman–Crippen MR) is 78.3 cm³/mol. The van der Waals surface area contributed by atoms with Gasteiger partial charge in [0.15, 0.2) is 11.6 Å². The van der Waals surface area contributed by atoms with Gasteiger partial charge in [-0.2, -0.15) is 4.31 Å². The normalized spacial score (nSPS) is 24.3. The molecule has 0 saturated heterocycles. The molecule has 0 radical (unpaired) electrons. The van der Waals surface area contributed by atoms with Crippen molar-refractivity contribution in [3.05, 3.63) is 24.0 Å². The van der Waals surface area contributed by atoms with Gasteiger partial charge < -0.3 is 14.6 Å². The zero-order valence-corrected chi connectivity index (χ0v) is 13.8. The van der Waals surface area contributed by atoms with Crippen molar-refractivity contribution in [1.29, 1.82) is 0 Å². The number of carboxylic acid groups (broad SMARTS) is 1. The first kappa shape index (κ1) is 17.6. The van der Waals surface area contributed by atoms with Gasteiger partial charge in [-0.25, -0.2) is 12.8 Å². The quantitative estimate of drug-likeness (QED) is 0.828. The van der Waals surface area contributed by atoms with Crippen LogP contribution in [0.5, 0.6) is 5.75 Å². The van der Waals surface area contributed by atoms with Crippen LogP contribution in [-0.4, -0.2) is 56.7 Å². The van der Waals surface area contributed by atoms with Gasteiger partial charge in [-0.15, -0.1) is 0 Å². The summed E-state index contributed by atoms with van der Waals surface area (Å²) in [6.07, 6.45) is -0.253. The Labute approximate surface area is 133 Å². The molecule has 1 aliphatic carbocycles. The molecular formula is C14H18FNO6S. The average Bonchev–Trinajstić information content (AvgIpc) is 2.45. The lowest BCUT2D eigenvalue weighted by molar-refractivity contribution is -0.162. The van der Waals surface area contributed by atoms with E-state index in [0.717, 1.165) is 10.4 Å². The number of ether oxygens (including phenoxy) is 2. The predicted octanol–water partition coefficient (Wildman–Crippen LogP) is 1.09. The molecular weight excluding hydrogens is 329 g/mol. The molecule has 0 atom stereocenters. The van der Waals surface area contributed by atoms with E-state index in [1.807, 2.05) is 0 Å². The van der Waals surface area contributed by atoms with Gasteiger partial charge in [0.25, 0.3) is 0 Å². The second kappa shape index (κ2) is 6.06. The number of benzene rings is 1. The molecule has 128 valence electrons. The van der Waals surface area contributed by atoms with Gasteiger partial charge >= 0.3 is 5.97 Å². The standard InChI is InChI=1S/C14H18FNO6S/c1-16(14(13(17)18)7-9(8-14)21-2)23(19,20)10-4-5-12(22-3)11(15)6-10/h4-6,9H,7-8H2,1-3H3,(H,17,18). The van der Waals surface area contributed by atoms with Crippen molar-refractivity contribution in [3.8, 4) is 5.75 Å². The Balaban J connectivity index is 2.38. The molecule has 7 nitrogen and oxygen atoms in total. The minimum Gasteiger partial charge on any atom is -0.494 e. The number of sulfonamides is 1. The summed E-state index contributed by atoms with van der Waals surface area (Å²) in [7, 11) is -0.307. The Hall–Kier alpha value is -1.71. The molecule has 0 aliphatic heterocycles. The Kier molecular flexibility index (Phi) is 4.65. The van der Waals surface area contributed by atoms with Crippen LogP contribution in [0.15, 0.2) is 23.1 Å². The third-order valence-electron chi connectivity index (χ3n) is 4.25. The molecule has 0 spiro atoms. The van der Waals surface area contributed by atoms with Crippen molar-refractivity contribution in [2.24, 2.45) is 0 Å². The average molecular weight is 347 g/mol. The molecule has 0 aromatic heterocycles. The van der Waals surface area contributed by atoms with E-state index in [0.29, 0.717) is 0 Å². The fourth-order valence-corrected chi connectivity index (χ4v) is 4.12. The summed E-state index contributed by atoms with van der Waals surface area (Å²) >= 11 is 0. The van der Waals surface area contributed by atoms with Crippen LogP contribution in [-0.2, 0) is 19.6 Å². The molecule has 1 saturated carbocycles. The monoisotopic (exact) mass is 347 g/mol. The molecule has 1 aromatic carbocycles. The zero-order valence-electron chi connectivity index (χ0n) is 12.9. The topological polar surface area (TPSA) is 93.1 Å². The fraction of sp³-hybridized carbons (Fsp3) is 0.500. The number of nitrogens with zero attached hydrogens (tertiary/aromatic N) is 1.